The van der Waals surface area contributed by atoms with Gasteiger partial charge >= 0.3 is 0 Å². The van der Waals surface area contributed by atoms with Crippen molar-refractivity contribution in [1.29, 1.82) is 0 Å². The third kappa shape index (κ3) is 4.61. The molecule has 1 rings (SSSR count). The first-order valence-electron chi connectivity index (χ1n) is 6.66. The normalized spacial score (nSPS) is 12.9. The van der Waals surface area contributed by atoms with E-state index in [0.29, 0.717) is 24.3 Å². The summed E-state index contributed by atoms with van der Waals surface area (Å²) in [6.45, 7) is 3.95. The molecular weight excluding hydrogens is 336 g/mol. The number of primary amides is 1. The highest BCUT2D eigenvalue weighted by Gasteiger charge is 2.27. The number of nitrogens with two attached hydrogens (primary N) is 2. The third-order valence-electron chi connectivity index (χ3n) is 3.34. The summed E-state index contributed by atoms with van der Waals surface area (Å²) in [6, 6.07) is 3.45. The topological polar surface area (TPSA) is 87.6 Å². The second-order valence-corrected chi connectivity index (χ2v) is 6.62. The van der Waals surface area contributed by atoms with E-state index in [2.05, 4.69) is 15.9 Å². The van der Waals surface area contributed by atoms with Crippen LogP contribution < -0.4 is 20.9 Å². The number of methoxy groups -OCH3 is 2. The molecule has 0 saturated heterocycles. The molecule has 118 valence electrons. The Hall–Kier alpha value is -1.27. The Labute approximate surface area is 134 Å². The number of rotatable bonds is 7. The molecule has 5 nitrogen and oxygen atoms in total. The van der Waals surface area contributed by atoms with E-state index in [9.17, 15) is 4.79 Å². The molecular formula is C15H23BrN2O3. The number of carbonyl (C=O) groups is 1. The van der Waals surface area contributed by atoms with Gasteiger partial charge in [-0.1, -0.05) is 13.8 Å². The maximum atomic E-state index is 11.1. The summed E-state index contributed by atoms with van der Waals surface area (Å²) in [5.41, 5.74) is 12.2. The fraction of sp³-hybridized carbons (Fsp3) is 0.533. The van der Waals surface area contributed by atoms with E-state index < -0.39 is 0 Å². The summed E-state index contributed by atoms with van der Waals surface area (Å²) in [5.74, 6) is 1.01. The maximum absolute atomic E-state index is 11.1. The van der Waals surface area contributed by atoms with Crippen LogP contribution in [-0.2, 0) is 4.79 Å². The molecule has 0 heterocycles. The number of benzene rings is 1. The predicted molar refractivity (Wildman–Crippen MR) is 86.4 cm³/mol. The summed E-state index contributed by atoms with van der Waals surface area (Å²) >= 11 is 3.46. The molecule has 1 unspecified atom stereocenters. The molecule has 21 heavy (non-hydrogen) atoms. The van der Waals surface area contributed by atoms with Gasteiger partial charge in [-0.05, 0) is 39.9 Å². The molecule has 0 bridgehead atoms. The van der Waals surface area contributed by atoms with Gasteiger partial charge in [0, 0.05) is 18.0 Å². The van der Waals surface area contributed by atoms with Crippen molar-refractivity contribution in [2.75, 3.05) is 14.2 Å². The molecule has 0 spiro atoms. The van der Waals surface area contributed by atoms with E-state index in [1.54, 1.807) is 14.2 Å². The fourth-order valence-electron chi connectivity index (χ4n) is 2.46. The maximum Gasteiger partial charge on any atom is 0.217 e. The second-order valence-electron chi connectivity index (χ2n) is 5.82. The number of ether oxygens (including phenoxy) is 2. The lowest BCUT2D eigenvalue weighted by atomic mass is 9.80. The number of amides is 1. The molecule has 0 aliphatic carbocycles. The highest BCUT2D eigenvalue weighted by molar-refractivity contribution is 9.10. The van der Waals surface area contributed by atoms with Gasteiger partial charge in [-0.3, -0.25) is 4.79 Å². The molecule has 4 N–H and O–H groups in total. The van der Waals surface area contributed by atoms with Gasteiger partial charge in [-0.25, -0.2) is 0 Å². The highest BCUT2D eigenvalue weighted by atomic mass is 79.9. The van der Waals surface area contributed by atoms with Gasteiger partial charge in [0.05, 0.1) is 14.2 Å². The molecule has 0 aliphatic rings. The minimum Gasteiger partial charge on any atom is -0.495 e. The van der Waals surface area contributed by atoms with E-state index >= 15 is 0 Å². The first kappa shape index (κ1) is 17.8. The van der Waals surface area contributed by atoms with Gasteiger partial charge in [0.2, 0.25) is 5.91 Å². The highest BCUT2D eigenvalue weighted by Crippen LogP contribution is 2.42. The molecule has 0 aliphatic heterocycles. The summed E-state index contributed by atoms with van der Waals surface area (Å²) in [4.78, 5) is 11.1. The minimum atomic E-state index is -0.324. The van der Waals surface area contributed by atoms with Crippen LogP contribution >= 0.6 is 15.9 Å². The summed E-state index contributed by atoms with van der Waals surface area (Å²) in [6.07, 6.45) is 0.908. The third-order valence-corrected chi connectivity index (χ3v) is 4.09. The zero-order valence-electron chi connectivity index (χ0n) is 12.9. The van der Waals surface area contributed by atoms with Crippen LogP contribution in [-0.4, -0.2) is 20.1 Å². The van der Waals surface area contributed by atoms with Crippen molar-refractivity contribution in [3.8, 4) is 11.5 Å². The Morgan fingerprint density at radius 2 is 1.95 bits per heavy atom. The number of hydrogen-bond acceptors (Lipinski definition) is 4. The summed E-state index contributed by atoms with van der Waals surface area (Å²) in [5, 5.41) is 0. The fourth-order valence-corrected chi connectivity index (χ4v) is 3.14. The largest absolute Gasteiger partial charge is 0.495 e. The summed E-state index contributed by atoms with van der Waals surface area (Å²) < 4.78 is 11.4. The SMILES string of the molecule is COc1ccc(C(N)CC(C)(C)CC(N)=O)c(OC)c1Br. The first-order valence-corrected chi connectivity index (χ1v) is 7.45. The van der Waals surface area contributed by atoms with Crippen LogP contribution in [0.15, 0.2) is 16.6 Å². The molecule has 0 radical (unpaired) electrons. The van der Waals surface area contributed by atoms with Crippen molar-refractivity contribution in [3.05, 3.63) is 22.2 Å². The zero-order chi connectivity index (χ0) is 16.2. The van der Waals surface area contributed by atoms with Crippen LogP contribution in [0.4, 0.5) is 0 Å². The lowest BCUT2D eigenvalue weighted by Crippen LogP contribution is -2.27. The van der Waals surface area contributed by atoms with Gasteiger partial charge in [0.25, 0.3) is 0 Å². The Morgan fingerprint density at radius 3 is 2.43 bits per heavy atom. The van der Waals surface area contributed by atoms with Gasteiger partial charge < -0.3 is 20.9 Å². The van der Waals surface area contributed by atoms with E-state index in [-0.39, 0.29) is 17.4 Å². The van der Waals surface area contributed by atoms with Crippen molar-refractivity contribution in [1.82, 2.24) is 0 Å². The number of hydrogen-bond donors (Lipinski definition) is 2. The second kappa shape index (κ2) is 7.13. The molecule has 0 saturated carbocycles. The van der Waals surface area contributed by atoms with Crippen molar-refractivity contribution in [2.45, 2.75) is 32.7 Å². The zero-order valence-corrected chi connectivity index (χ0v) is 14.5. The average molecular weight is 359 g/mol. The standard InChI is InChI=1S/C15H23BrN2O3/c1-15(2,8-12(18)19)7-10(17)9-5-6-11(20-3)13(16)14(9)21-4/h5-6,10H,7-8,17H2,1-4H3,(H2,18,19). The molecule has 0 fully saturated rings. The van der Waals surface area contributed by atoms with Crippen LogP contribution in [0, 0.1) is 5.41 Å². The predicted octanol–water partition coefficient (Wildman–Crippen LogP) is 2.76. The molecule has 1 atom stereocenters. The number of halogens is 1. The van der Waals surface area contributed by atoms with E-state index in [0.717, 1.165) is 10.0 Å². The Balaban J connectivity index is 3.05. The van der Waals surface area contributed by atoms with Crippen molar-refractivity contribution >= 4 is 21.8 Å². The van der Waals surface area contributed by atoms with Crippen LogP contribution in [0.2, 0.25) is 0 Å². The quantitative estimate of drug-likeness (QED) is 0.784. The van der Waals surface area contributed by atoms with Gasteiger partial charge in [0.1, 0.15) is 16.0 Å². The van der Waals surface area contributed by atoms with Gasteiger partial charge in [0.15, 0.2) is 0 Å². The molecule has 1 aromatic rings. The van der Waals surface area contributed by atoms with Gasteiger partial charge in [-0.2, -0.15) is 0 Å². The number of carbonyl (C=O) groups excluding carboxylic acids is 1. The monoisotopic (exact) mass is 358 g/mol. The van der Waals surface area contributed by atoms with Crippen LogP contribution in [0.1, 0.15) is 38.3 Å². The smallest absolute Gasteiger partial charge is 0.217 e. The molecule has 1 aromatic carbocycles. The first-order chi connectivity index (χ1) is 9.71. The van der Waals surface area contributed by atoms with Crippen molar-refractivity contribution in [2.24, 2.45) is 16.9 Å². The van der Waals surface area contributed by atoms with Crippen LogP contribution in [0.25, 0.3) is 0 Å². The lowest BCUT2D eigenvalue weighted by Gasteiger charge is -2.28. The Bertz CT molecular complexity index is 518. The van der Waals surface area contributed by atoms with Crippen LogP contribution in [0.3, 0.4) is 0 Å². The van der Waals surface area contributed by atoms with E-state index in [1.807, 2.05) is 26.0 Å². The lowest BCUT2D eigenvalue weighted by molar-refractivity contribution is -0.120. The van der Waals surface area contributed by atoms with Gasteiger partial charge in [-0.15, -0.1) is 0 Å². The van der Waals surface area contributed by atoms with Crippen LogP contribution in [0.5, 0.6) is 11.5 Å². The summed E-state index contributed by atoms with van der Waals surface area (Å²) in [7, 11) is 3.18. The van der Waals surface area contributed by atoms with Crippen molar-refractivity contribution < 1.29 is 14.3 Å². The molecule has 1 amide bonds. The van der Waals surface area contributed by atoms with Crippen molar-refractivity contribution in [3.63, 3.8) is 0 Å². The minimum absolute atomic E-state index is 0.267. The average Bonchev–Trinajstić information content (AvgIpc) is 2.35. The Kier molecular flexibility index (Phi) is 6.04. The Morgan fingerprint density at radius 1 is 1.33 bits per heavy atom. The molecule has 0 aromatic heterocycles. The van der Waals surface area contributed by atoms with E-state index in [4.69, 9.17) is 20.9 Å². The van der Waals surface area contributed by atoms with E-state index in [1.165, 1.54) is 0 Å². The molecule has 6 heteroatoms.